The summed E-state index contributed by atoms with van der Waals surface area (Å²) in [6.45, 7) is 2.24. The molecule has 0 spiro atoms. The highest BCUT2D eigenvalue weighted by Crippen LogP contribution is 2.27. The molecule has 0 radical (unpaired) electrons. The first-order valence-electron chi connectivity index (χ1n) is 6.47. The fraction of sp³-hybridized carbons (Fsp3) is 0.500. The van der Waals surface area contributed by atoms with Crippen molar-refractivity contribution in [2.24, 2.45) is 5.92 Å². The van der Waals surface area contributed by atoms with Crippen LogP contribution >= 0.6 is 0 Å². The van der Waals surface area contributed by atoms with Crippen molar-refractivity contribution >= 4 is 17.3 Å². The average molecular weight is 248 g/mol. The molecule has 1 saturated carbocycles. The first-order valence-corrected chi connectivity index (χ1v) is 6.47. The zero-order valence-electron chi connectivity index (χ0n) is 10.6. The van der Waals surface area contributed by atoms with Crippen molar-refractivity contribution in [1.82, 2.24) is 0 Å². The lowest BCUT2D eigenvalue weighted by Gasteiger charge is -2.30. The Morgan fingerprint density at radius 3 is 2.78 bits per heavy atom. The average Bonchev–Trinajstić information content (AvgIpc) is 2.34. The van der Waals surface area contributed by atoms with E-state index in [4.69, 9.17) is 10.8 Å². The summed E-state index contributed by atoms with van der Waals surface area (Å²) in [7, 11) is 0. The van der Waals surface area contributed by atoms with Gasteiger partial charge >= 0.3 is 5.97 Å². The summed E-state index contributed by atoms with van der Waals surface area (Å²) < 4.78 is 0. The minimum absolute atomic E-state index is 0.170. The van der Waals surface area contributed by atoms with Crippen LogP contribution in [0.3, 0.4) is 0 Å². The van der Waals surface area contributed by atoms with E-state index in [-0.39, 0.29) is 5.56 Å². The van der Waals surface area contributed by atoms with E-state index in [9.17, 15) is 4.79 Å². The number of aromatic carboxylic acids is 1. The van der Waals surface area contributed by atoms with E-state index in [1.807, 2.05) is 6.07 Å². The number of nitrogens with one attached hydrogen (secondary N) is 1. The molecule has 0 saturated heterocycles. The maximum absolute atomic E-state index is 11.0. The Morgan fingerprint density at radius 2 is 2.11 bits per heavy atom. The van der Waals surface area contributed by atoms with Gasteiger partial charge in [-0.2, -0.15) is 0 Å². The van der Waals surface area contributed by atoms with E-state index in [1.165, 1.54) is 19.3 Å². The smallest absolute Gasteiger partial charge is 0.337 e. The molecule has 1 aromatic carbocycles. The molecule has 1 aromatic rings. The van der Waals surface area contributed by atoms with Crippen molar-refractivity contribution in [1.29, 1.82) is 0 Å². The molecule has 0 heterocycles. The summed E-state index contributed by atoms with van der Waals surface area (Å²) in [6, 6.07) is 5.56. The largest absolute Gasteiger partial charge is 0.478 e. The maximum Gasteiger partial charge on any atom is 0.337 e. The monoisotopic (exact) mass is 248 g/mol. The number of carboxylic acids is 1. The first-order chi connectivity index (χ1) is 8.58. The number of hydrogen-bond donors (Lipinski definition) is 3. The van der Waals surface area contributed by atoms with Gasteiger partial charge in [0, 0.05) is 17.4 Å². The van der Waals surface area contributed by atoms with Gasteiger partial charge in [-0.3, -0.25) is 0 Å². The summed E-state index contributed by atoms with van der Waals surface area (Å²) in [5, 5.41) is 12.5. The summed E-state index contributed by atoms with van der Waals surface area (Å²) in [4.78, 5) is 11.0. The van der Waals surface area contributed by atoms with Crippen molar-refractivity contribution in [3.05, 3.63) is 23.8 Å². The molecule has 1 fully saturated rings. The molecule has 2 atom stereocenters. The number of nitrogens with two attached hydrogens (primary N) is 1. The van der Waals surface area contributed by atoms with Crippen molar-refractivity contribution in [3.63, 3.8) is 0 Å². The predicted octanol–water partition coefficient (Wildman–Crippen LogP) is 2.96. The molecule has 18 heavy (non-hydrogen) atoms. The van der Waals surface area contributed by atoms with Gasteiger partial charge in [0.15, 0.2) is 0 Å². The van der Waals surface area contributed by atoms with Gasteiger partial charge in [0.25, 0.3) is 0 Å². The van der Waals surface area contributed by atoms with Gasteiger partial charge in [-0.15, -0.1) is 0 Å². The molecule has 0 aliphatic heterocycles. The molecule has 4 heteroatoms. The van der Waals surface area contributed by atoms with E-state index in [0.29, 0.717) is 17.6 Å². The number of hydrogen-bond acceptors (Lipinski definition) is 3. The van der Waals surface area contributed by atoms with Crippen LogP contribution in [0.1, 0.15) is 43.0 Å². The molecule has 4 nitrogen and oxygen atoms in total. The first kappa shape index (κ1) is 12.7. The highest BCUT2D eigenvalue weighted by Gasteiger charge is 2.21. The quantitative estimate of drug-likeness (QED) is 0.719. The molecule has 1 aliphatic rings. The zero-order chi connectivity index (χ0) is 13.1. The highest BCUT2D eigenvalue weighted by atomic mass is 16.4. The van der Waals surface area contributed by atoms with E-state index in [2.05, 4.69) is 12.2 Å². The number of anilines is 2. The second-order valence-corrected chi connectivity index (χ2v) is 5.12. The van der Waals surface area contributed by atoms with Gasteiger partial charge in [0.2, 0.25) is 0 Å². The van der Waals surface area contributed by atoms with Crippen LogP contribution in [0.4, 0.5) is 11.4 Å². The summed E-state index contributed by atoms with van der Waals surface area (Å²) >= 11 is 0. The van der Waals surface area contributed by atoms with Gasteiger partial charge < -0.3 is 16.2 Å². The van der Waals surface area contributed by atoms with Crippen molar-refractivity contribution in [2.45, 2.75) is 38.6 Å². The lowest BCUT2D eigenvalue weighted by molar-refractivity contribution is 0.0698. The SMILES string of the molecule is CC1CCCCC1Nc1ccc(N)c(C(=O)O)c1. The van der Waals surface area contributed by atoms with Crippen LogP contribution in [0.2, 0.25) is 0 Å². The third kappa shape index (κ3) is 2.75. The van der Waals surface area contributed by atoms with Crippen molar-refractivity contribution in [3.8, 4) is 0 Å². The Hall–Kier alpha value is -1.71. The van der Waals surface area contributed by atoms with E-state index < -0.39 is 5.97 Å². The van der Waals surface area contributed by atoms with Gasteiger partial charge in [-0.25, -0.2) is 4.79 Å². The Labute approximate surface area is 107 Å². The van der Waals surface area contributed by atoms with Crippen molar-refractivity contribution < 1.29 is 9.90 Å². The molecular formula is C14H20N2O2. The molecular weight excluding hydrogens is 228 g/mol. The standard InChI is InChI=1S/C14H20N2O2/c1-9-4-2-3-5-13(9)16-10-6-7-12(15)11(8-10)14(17)18/h6-9,13,16H,2-5,15H2,1H3,(H,17,18). The van der Waals surface area contributed by atoms with Crippen LogP contribution in [-0.4, -0.2) is 17.1 Å². The Bertz CT molecular complexity index is 445. The van der Waals surface area contributed by atoms with Crippen molar-refractivity contribution in [2.75, 3.05) is 11.1 Å². The normalized spacial score (nSPS) is 23.6. The van der Waals surface area contributed by atoms with Crippen LogP contribution in [0, 0.1) is 5.92 Å². The third-order valence-electron chi connectivity index (χ3n) is 3.75. The third-order valence-corrected chi connectivity index (χ3v) is 3.75. The van der Waals surface area contributed by atoms with Crippen LogP contribution < -0.4 is 11.1 Å². The summed E-state index contributed by atoms with van der Waals surface area (Å²) in [5.41, 5.74) is 6.97. The lowest BCUT2D eigenvalue weighted by atomic mass is 9.86. The van der Waals surface area contributed by atoms with Crippen LogP contribution in [-0.2, 0) is 0 Å². The van der Waals surface area contributed by atoms with Gasteiger partial charge in [0.1, 0.15) is 0 Å². The number of carboxylic acid groups (broad SMARTS) is 1. The topological polar surface area (TPSA) is 75.3 Å². The highest BCUT2D eigenvalue weighted by molar-refractivity contribution is 5.94. The molecule has 0 amide bonds. The van der Waals surface area contributed by atoms with E-state index >= 15 is 0 Å². The Morgan fingerprint density at radius 1 is 1.39 bits per heavy atom. The second kappa shape index (κ2) is 5.29. The predicted molar refractivity (Wildman–Crippen MR) is 72.9 cm³/mol. The number of nitrogen functional groups attached to an aromatic ring is 1. The van der Waals surface area contributed by atoms with E-state index in [1.54, 1.807) is 12.1 Å². The summed E-state index contributed by atoms with van der Waals surface area (Å²) in [5.74, 6) is -0.350. The number of carbonyl (C=O) groups is 1. The molecule has 0 aromatic heterocycles. The molecule has 2 rings (SSSR count). The number of rotatable bonds is 3. The van der Waals surface area contributed by atoms with Gasteiger partial charge in [0.05, 0.1) is 5.56 Å². The van der Waals surface area contributed by atoms with E-state index in [0.717, 1.165) is 12.1 Å². The van der Waals surface area contributed by atoms with Crippen LogP contribution in [0.5, 0.6) is 0 Å². The van der Waals surface area contributed by atoms with Gasteiger partial charge in [-0.1, -0.05) is 19.8 Å². The molecule has 4 N–H and O–H groups in total. The molecule has 1 aliphatic carbocycles. The fourth-order valence-corrected chi connectivity index (χ4v) is 2.58. The zero-order valence-corrected chi connectivity index (χ0v) is 10.6. The Kier molecular flexibility index (Phi) is 3.75. The van der Waals surface area contributed by atoms with Gasteiger partial charge in [-0.05, 0) is 37.0 Å². The fourth-order valence-electron chi connectivity index (χ4n) is 2.58. The summed E-state index contributed by atoms with van der Waals surface area (Å²) in [6.07, 6.45) is 4.91. The minimum Gasteiger partial charge on any atom is -0.478 e. The van der Waals surface area contributed by atoms with Crippen LogP contribution in [0.25, 0.3) is 0 Å². The maximum atomic E-state index is 11.0. The van der Waals surface area contributed by atoms with Crippen LogP contribution in [0.15, 0.2) is 18.2 Å². The Balaban J connectivity index is 2.14. The minimum atomic E-state index is -0.979. The molecule has 2 unspecified atom stereocenters. The second-order valence-electron chi connectivity index (χ2n) is 5.12. The molecule has 98 valence electrons. The lowest BCUT2D eigenvalue weighted by Crippen LogP contribution is -2.30. The molecule has 0 bridgehead atoms. The number of benzene rings is 1.